The minimum Gasteiger partial charge on any atom is -0.323 e. The van der Waals surface area contributed by atoms with E-state index in [1.807, 2.05) is 24.3 Å². The normalized spacial score (nSPS) is 13.3. The van der Waals surface area contributed by atoms with Gasteiger partial charge in [-0.1, -0.05) is 56.3 Å². The third-order valence-corrected chi connectivity index (χ3v) is 3.85. The van der Waals surface area contributed by atoms with Crippen LogP contribution in [-0.2, 0) is 5.41 Å². The van der Waals surface area contributed by atoms with Crippen LogP contribution in [0.2, 0.25) is 0 Å². The van der Waals surface area contributed by atoms with Crippen molar-refractivity contribution in [3.63, 3.8) is 0 Å². The molecule has 0 amide bonds. The summed E-state index contributed by atoms with van der Waals surface area (Å²) in [6, 6.07) is 15.1. The molecular weight excluding hydrogens is 237 g/mol. The standard InChI is InChI=1S/C17H20FN/c1-12-9-10-13(11-15(12)18)16(19)17(2,3)14-7-5-4-6-8-14/h4-11,16H,19H2,1-3H3. The maximum absolute atomic E-state index is 13.7. The number of nitrogens with two attached hydrogens (primary N) is 1. The smallest absolute Gasteiger partial charge is 0.126 e. The van der Waals surface area contributed by atoms with Gasteiger partial charge < -0.3 is 5.73 Å². The maximum atomic E-state index is 13.7. The number of rotatable bonds is 3. The minimum atomic E-state index is -0.247. The Morgan fingerprint density at radius 3 is 2.26 bits per heavy atom. The van der Waals surface area contributed by atoms with Crippen LogP contribution in [0.5, 0.6) is 0 Å². The van der Waals surface area contributed by atoms with E-state index in [-0.39, 0.29) is 17.3 Å². The van der Waals surface area contributed by atoms with Crippen LogP contribution >= 0.6 is 0 Å². The highest BCUT2D eigenvalue weighted by atomic mass is 19.1. The molecule has 0 aliphatic rings. The molecule has 2 rings (SSSR count). The van der Waals surface area contributed by atoms with Crippen molar-refractivity contribution in [3.05, 3.63) is 71.0 Å². The lowest BCUT2D eigenvalue weighted by molar-refractivity contribution is 0.419. The van der Waals surface area contributed by atoms with Crippen LogP contribution in [0.3, 0.4) is 0 Å². The van der Waals surface area contributed by atoms with E-state index in [4.69, 9.17) is 5.73 Å². The number of hydrogen-bond acceptors (Lipinski definition) is 1. The fraction of sp³-hybridized carbons (Fsp3) is 0.294. The van der Waals surface area contributed by atoms with Crippen LogP contribution in [0, 0.1) is 12.7 Å². The number of benzene rings is 2. The first-order valence-corrected chi connectivity index (χ1v) is 6.50. The van der Waals surface area contributed by atoms with E-state index in [9.17, 15) is 4.39 Å². The minimum absolute atomic E-state index is 0.197. The number of hydrogen-bond donors (Lipinski definition) is 1. The van der Waals surface area contributed by atoms with E-state index < -0.39 is 0 Å². The molecule has 2 heteroatoms. The van der Waals surface area contributed by atoms with Gasteiger partial charge in [0.2, 0.25) is 0 Å². The molecule has 2 aromatic carbocycles. The van der Waals surface area contributed by atoms with Crippen LogP contribution < -0.4 is 5.73 Å². The van der Waals surface area contributed by atoms with Gasteiger partial charge >= 0.3 is 0 Å². The highest BCUT2D eigenvalue weighted by Crippen LogP contribution is 2.35. The van der Waals surface area contributed by atoms with Crippen molar-refractivity contribution in [1.82, 2.24) is 0 Å². The van der Waals surface area contributed by atoms with Gasteiger partial charge in [-0.25, -0.2) is 4.39 Å². The molecule has 0 saturated heterocycles. The van der Waals surface area contributed by atoms with Crippen molar-refractivity contribution in [2.24, 2.45) is 5.73 Å². The maximum Gasteiger partial charge on any atom is 0.126 e. The first kappa shape index (κ1) is 13.8. The topological polar surface area (TPSA) is 26.0 Å². The second-order valence-corrected chi connectivity index (χ2v) is 5.57. The molecular formula is C17H20FN. The van der Waals surface area contributed by atoms with E-state index in [2.05, 4.69) is 26.0 Å². The summed E-state index contributed by atoms with van der Waals surface area (Å²) in [4.78, 5) is 0. The van der Waals surface area contributed by atoms with Crippen molar-refractivity contribution < 1.29 is 4.39 Å². The van der Waals surface area contributed by atoms with Crippen molar-refractivity contribution in [1.29, 1.82) is 0 Å². The summed E-state index contributed by atoms with van der Waals surface area (Å²) < 4.78 is 13.7. The zero-order valence-corrected chi connectivity index (χ0v) is 11.7. The molecule has 0 heterocycles. The number of halogens is 1. The molecule has 0 radical (unpaired) electrons. The van der Waals surface area contributed by atoms with Gasteiger partial charge in [0.15, 0.2) is 0 Å². The average Bonchev–Trinajstić information content (AvgIpc) is 2.42. The molecule has 1 unspecified atom stereocenters. The average molecular weight is 257 g/mol. The van der Waals surface area contributed by atoms with Crippen molar-refractivity contribution in [2.45, 2.75) is 32.2 Å². The largest absolute Gasteiger partial charge is 0.323 e. The number of aryl methyl sites for hydroxylation is 1. The Bertz CT molecular complexity index is 561. The van der Waals surface area contributed by atoms with Crippen LogP contribution in [-0.4, -0.2) is 0 Å². The molecule has 100 valence electrons. The highest BCUT2D eigenvalue weighted by molar-refractivity contribution is 5.33. The molecule has 1 atom stereocenters. The second-order valence-electron chi connectivity index (χ2n) is 5.57. The third kappa shape index (κ3) is 2.69. The van der Waals surface area contributed by atoms with Gasteiger partial charge in [-0.3, -0.25) is 0 Å². The summed E-state index contributed by atoms with van der Waals surface area (Å²) in [7, 11) is 0. The first-order valence-electron chi connectivity index (χ1n) is 6.50. The Labute approximate surface area is 114 Å². The van der Waals surface area contributed by atoms with Gasteiger partial charge in [0.05, 0.1) is 0 Å². The van der Waals surface area contributed by atoms with Gasteiger partial charge in [0.1, 0.15) is 5.82 Å². The van der Waals surface area contributed by atoms with Gasteiger partial charge in [-0.2, -0.15) is 0 Å². The van der Waals surface area contributed by atoms with E-state index in [1.165, 1.54) is 0 Å². The SMILES string of the molecule is Cc1ccc(C(N)C(C)(C)c2ccccc2)cc1F. The van der Waals surface area contributed by atoms with E-state index in [1.54, 1.807) is 19.1 Å². The fourth-order valence-corrected chi connectivity index (χ4v) is 2.27. The summed E-state index contributed by atoms with van der Waals surface area (Å²) in [5.74, 6) is -0.197. The molecule has 2 aromatic rings. The summed E-state index contributed by atoms with van der Waals surface area (Å²) >= 11 is 0. The molecule has 0 aliphatic heterocycles. The Morgan fingerprint density at radius 2 is 1.68 bits per heavy atom. The zero-order chi connectivity index (χ0) is 14.0. The highest BCUT2D eigenvalue weighted by Gasteiger charge is 2.29. The molecule has 0 saturated carbocycles. The summed E-state index contributed by atoms with van der Waals surface area (Å²) in [5, 5.41) is 0. The second kappa shape index (κ2) is 5.14. The fourth-order valence-electron chi connectivity index (χ4n) is 2.27. The Morgan fingerprint density at radius 1 is 1.05 bits per heavy atom. The predicted octanol–water partition coefficient (Wildman–Crippen LogP) is 4.11. The molecule has 2 N–H and O–H groups in total. The molecule has 0 spiro atoms. The van der Waals surface area contributed by atoms with Gasteiger partial charge in [-0.05, 0) is 29.7 Å². The van der Waals surface area contributed by atoms with E-state index in [0.29, 0.717) is 5.56 Å². The third-order valence-electron chi connectivity index (χ3n) is 3.85. The molecule has 0 fully saturated rings. The van der Waals surface area contributed by atoms with Gasteiger partial charge in [0, 0.05) is 11.5 Å². The molecule has 0 bridgehead atoms. The van der Waals surface area contributed by atoms with Gasteiger partial charge in [-0.15, -0.1) is 0 Å². The van der Waals surface area contributed by atoms with Crippen molar-refractivity contribution >= 4 is 0 Å². The van der Waals surface area contributed by atoms with Crippen LogP contribution in [0.4, 0.5) is 4.39 Å². The quantitative estimate of drug-likeness (QED) is 0.879. The Kier molecular flexibility index (Phi) is 3.72. The van der Waals surface area contributed by atoms with Gasteiger partial charge in [0.25, 0.3) is 0 Å². The van der Waals surface area contributed by atoms with Crippen molar-refractivity contribution in [2.75, 3.05) is 0 Å². The lowest BCUT2D eigenvalue weighted by Crippen LogP contribution is -2.33. The zero-order valence-electron chi connectivity index (χ0n) is 11.7. The lowest BCUT2D eigenvalue weighted by atomic mass is 9.75. The van der Waals surface area contributed by atoms with E-state index >= 15 is 0 Å². The summed E-state index contributed by atoms with van der Waals surface area (Å²) in [6.45, 7) is 5.93. The Hall–Kier alpha value is -1.67. The summed E-state index contributed by atoms with van der Waals surface area (Å²) in [6.07, 6.45) is 0. The molecule has 0 aliphatic carbocycles. The predicted molar refractivity (Wildman–Crippen MR) is 77.5 cm³/mol. The first-order chi connectivity index (χ1) is 8.93. The monoisotopic (exact) mass is 257 g/mol. The lowest BCUT2D eigenvalue weighted by Gasteiger charge is -2.32. The summed E-state index contributed by atoms with van der Waals surface area (Å²) in [5.41, 5.74) is 8.74. The Balaban J connectivity index is 2.37. The van der Waals surface area contributed by atoms with Crippen LogP contribution in [0.25, 0.3) is 0 Å². The van der Waals surface area contributed by atoms with E-state index in [0.717, 1.165) is 11.1 Å². The van der Waals surface area contributed by atoms with Crippen molar-refractivity contribution in [3.8, 4) is 0 Å². The molecule has 0 aromatic heterocycles. The molecule has 1 nitrogen and oxygen atoms in total. The molecule has 19 heavy (non-hydrogen) atoms. The van der Waals surface area contributed by atoms with Crippen LogP contribution in [0.1, 0.15) is 36.6 Å². The van der Waals surface area contributed by atoms with Crippen LogP contribution in [0.15, 0.2) is 48.5 Å².